The van der Waals surface area contributed by atoms with Crippen molar-refractivity contribution in [3.8, 4) is 0 Å². The zero-order chi connectivity index (χ0) is 15.1. The molecule has 3 nitrogen and oxygen atoms in total. The van der Waals surface area contributed by atoms with E-state index in [-0.39, 0.29) is 11.8 Å². The summed E-state index contributed by atoms with van der Waals surface area (Å²) < 4.78 is 0. The van der Waals surface area contributed by atoms with Crippen molar-refractivity contribution in [2.24, 2.45) is 23.0 Å². The van der Waals surface area contributed by atoms with Gasteiger partial charge in [-0.1, -0.05) is 64.7 Å². The molecule has 0 radical (unpaired) electrons. The minimum Gasteiger partial charge on any atom is -0.369 e. The molecule has 3 heteroatoms. The average molecular weight is 294 g/mol. The van der Waals surface area contributed by atoms with Crippen LogP contribution in [0.3, 0.4) is 0 Å². The van der Waals surface area contributed by atoms with Gasteiger partial charge in [0.2, 0.25) is 5.91 Å². The van der Waals surface area contributed by atoms with Crippen molar-refractivity contribution in [3.05, 3.63) is 0 Å². The maximum atomic E-state index is 11.8. The zero-order valence-electron chi connectivity index (χ0n) is 13.8. The third kappa shape index (κ3) is 4.70. The largest absolute Gasteiger partial charge is 0.369 e. The molecule has 1 heterocycles. The lowest BCUT2D eigenvalue weighted by Gasteiger charge is -2.38. The first-order chi connectivity index (χ1) is 10.1. The smallest absolute Gasteiger partial charge is 0.222 e. The van der Waals surface area contributed by atoms with Crippen LogP contribution in [0.2, 0.25) is 0 Å². The average Bonchev–Trinajstić information content (AvgIpc) is 2.93. The molecule has 0 aromatic rings. The number of amides is 1. The van der Waals surface area contributed by atoms with Crippen LogP contribution >= 0.6 is 0 Å². The van der Waals surface area contributed by atoms with Gasteiger partial charge in [0.05, 0.1) is 5.92 Å². The quantitative estimate of drug-likeness (QED) is 0.817. The van der Waals surface area contributed by atoms with Gasteiger partial charge in [0.25, 0.3) is 0 Å². The predicted octanol–water partition coefficient (Wildman–Crippen LogP) is 3.62. The molecule has 1 saturated carbocycles. The second-order valence-corrected chi connectivity index (χ2v) is 7.61. The number of hydrogen-bond acceptors (Lipinski definition) is 2. The lowest BCUT2D eigenvalue weighted by Crippen LogP contribution is -2.39. The van der Waals surface area contributed by atoms with Crippen LogP contribution in [0.4, 0.5) is 0 Å². The number of nitrogens with two attached hydrogens (primary N) is 1. The number of hydrogen-bond donors (Lipinski definition) is 2. The van der Waals surface area contributed by atoms with Gasteiger partial charge in [-0.3, -0.25) is 4.79 Å². The van der Waals surface area contributed by atoms with Crippen LogP contribution < -0.4 is 11.1 Å². The molecule has 122 valence electrons. The van der Waals surface area contributed by atoms with E-state index >= 15 is 0 Å². The van der Waals surface area contributed by atoms with Crippen LogP contribution in [0.1, 0.15) is 77.6 Å². The molecule has 1 saturated heterocycles. The van der Waals surface area contributed by atoms with Crippen LogP contribution in [-0.2, 0) is 4.79 Å². The molecule has 2 rings (SSSR count). The lowest BCUT2D eigenvalue weighted by molar-refractivity contribution is -0.123. The van der Waals surface area contributed by atoms with Crippen molar-refractivity contribution < 1.29 is 4.79 Å². The van der Waals surface area contributed by atoms with Crippen molar-refractivity contribution in [2.45, 2.75) is 77.6 Å². The van der Waals surface area contributed by atoms with Crippen molar-refractivity contribution in [1.29, 1.82) is 0 Å². The first-order valence-electron chi connectivity index (χ1n) is 9.13. The minimum absolute atomic E-state index is 0.0444. The van der Waals surface area contributed by atoms with Crippen molar-refractivity contribution in [1.82, 2.24) is 5.32 Å². The van der Waals surface area contributed by atoms with Crippen LogP contribution in [0, 0.1) is 17.3 Å². The number of primary amides is 1. The van der Waals surface area contributed by atoms with E-state index in [1.807, 2.05) is 0 Å². The predicted molar refractivity (Wildman–Crippen MR) is 87.9 cm³/mol. The van der Waals surface area contributed by atoms with Gasteiger partial charge >= 0.3 is 0 Å². The molecule has 2 atom stereocenters. The molecule has 0 aromatic heterocycles. The highest BCUT2D eigenvalue weighted by Gasteiger charge is 2.43. The van der Waals surface area contributed by atoms with Gasteiger partial charge in [0.1, 0.15) is 0 Å². The van der Waals surface area contributed by atoms with Crippen LogP contribution in [-0.4, -0.2) is 19.0 Å². The fourth-order valence-corrected chi connectivity index (χ4v) is 4.50. The number of rotatable bonds is 2. The van der Waals surface area contributed by atoms with Gasteiger partial charge in [-0.05, 0) is 30.7 Å². The Morgan fingerprint density at radius 1 is 0.905 bits per heavy atom. The Bertz CT molecular complexity index is 317. The van der Waals surface area contributed by atoms with Crippen molar-refractivity contribution in [3.63, 3.8) is 0 Å². The molecule has 2 fully saturated rings. The maximum absolute atomic E-state index is 11.8. The summed E-state index contributed by atoms with van der Waals surface area (Å²) in [6, 6.07) is 0. The number of carbonyl (C=O) groups is 1. The molecular formula is C18H34N2O. The Kier molecular flexibility index (Phi) is 6.53. The van der Waals surface area contributed by atoms with Crippen molar-refractivity contribution >= 4 is 5.91 Å². The third-order valence-electron chi connectivity index (χ3n) is 5.97. The van der Waals surface area contributed by atoms with E-state index in [0.717, 1.165) is 13.1 Å². The van der Waals surface area contributed by atoms with Gasteiger partial charge in [0, 0.05) is 6.54 Å². The summed E-state index contributed by atoms with van der Waals surface area (Å²) in [7, 11) is 0. The Morgan fingerprint density at radius 2 is 1.38 bits per heavy atom. The highest BCUT2D eigenvalue weighted by Crippen LogP contribution is 2.44. The Balaban J connectivity index is 2.01. The molecule has 2 unspecified atom stereocenters. The fourth-order valence-electron chi connectivity index (χ4n) is 4.50. The lowest BCUT2D eigenvalue weighted by atomic mass is 9.66. The summed E-state index contributed by atoms with van der Waals surface area (Å²) >= 11 is 0. The van der Waals surface area contributed by atoms with Gasteiger partial charge in [-0.15, -0.1) is 0 Å². The van der Waals surface area contributed by atoms with Gasteiger partial charge < -0.3 is 11.1 Å². The molecule has 2 aliphatic rings. The Hall–Kier alpha value is -0.570. The first-order valence-corrected chi connectivity index (χ1v) is 9.13. The Morgan fingerprint density at radius 3 is 1.86 bits per heavy atom. The summed E-state index contributed by atoms with van der Waals surface area (Å²) in [6.07, 6.45) is 14.9. The molecule has 21 heavy (non-hydrogen) atoms. The second kappa shape index (κ2) is 8.17. The van der Waals surface area contributed by atoms with E-state index in [0.29, 0.717) is 11.3 Å². The van der Waals surface area contributed by atoms with Gasteiger partial charge in [0.15, 0.2) is 0 Å². The molecule has 1 aliphatic heterocycles. The van der Waals surface area contributed by atoms with Gasteiger partial charge in [-0.25, -0.2) is 0 Å². The molecule has 0 bridgehead atoms. The van der Waals surface area contributed by atoms with E-state index in [9.17, 15) is 4.79 Å². The summed E-state index contributed by atoms with van der Waals surface area (Å²) in [6.45, 7) is 4.19. The number of carbonyl (C=O) groups excluding carboxylic acids is 1. The van der Waals surface area contributed by atoms with Crippen LogP contribution in [0.5, 0.6) is 0 Å². The van der Waals surface area contributed by atoms with Gasteiger partial charge in [-0.2, -0.15) is 0 Å². The highest BCUT2D eigenvalue weighted by atomic mass is 16.1. The summed E-state index contributed by atoms with van der Waals surface area (Å²) in [5.41, 5.74) is 5.94. The maximum Gasteiger partial charge on any atom is 0.222 e. The summed E-state index contributed by atoms with van der Waals surface area (Å²) in [5, 5.41) is 3.41. The second-order valence-electron chi connectivity index (χ2n) is 7.61. The monoisotopic (exact) mass is 294 g/mol. The topological polar surface area (TPSA) is 55.1 Å². The number of nitrogens with one attached hydrogen (secondary N) is 1. The molecule has 3 N–H and O–H groups in total. The van der Waals surface area contributed by atoms with E-state index in [1.54, 1.807) is 0 Å². The summed E-state index contributed by atoms with van der Waals surface area (Å²) in [4.78, 5) is 11.8. The zero-order valence-corrected chi connectivity index (χ0v) is 13.8. The SMILES string of the molecule is CC1(C2CNCC2C(N)=O)CCCCCCCCCCC1. The fraction of sp³-hybridized carbons (Fsp3) is 0.944. The van der Waals surface area contributed by atoms with E-state index in [4.69, 9.17) is 5.73 Å². The standard InChI is InChI=1S/C18H34N2O/c1-18(16-14-20-13-15(16)17(19)21)11-9-7-5-3-2-4-6-8-10-12-18/h15-16,20H,2-14H2,1H3,(H2,19,21). The van der Waals surface area contributed by atoms with E-state index in [1.165, 1.54) is 70.6 Å². The first kappa shape index (κ1) is 16.8. The molecule has 1 amide bonds. The van der Waals surface area contributed by atoms with E-state index in [2.05, 4.69) is 12.2 Å². The Labute approximate surface area is 130 Å². The van der Waals surface area contributed by atoms with Crippen LogP contribution in [0.15, 0.2) is 0 Å². The molecule has 0 spiro atoms. The molecule has 0 aromatic carbocycles. The van der Waals surface area contributed by atoms with Crippen molar-refractivity contribution in [2.75, 3.05) is 13.1 Å². The minimum atomic E-state index is -0.0997. The molecular weight excluding hydrogens is 260 g/mol. The van der Waals surface area contributed by atoms with E-state index < -0.39 is 0 Å². The third-order valence-corrected chi connectivity index (χ3v) is 5.97. The van der Waals surface area contributed by atoms with Crippen LogP contribution in [0.25, 0.3) is 0 Å². The normalized spacial score (nSPS) is 32.0. The highest BCUT2D eigenvalue weighted by molar-refractivity contribution is 5.77. The molecule has 1 aliphatic carbocycles. The summed E-state index contributed by atoms with van der Waals surface area (Å²) in [5.74, 6) is 0.387.